The highest BCUT2D eigenvalue weighted by Gasteiger charge is 2.30. The van der Waals surface area contributed by atoms with Gasteiger partial charge in [-0.05, 0) is 42.7 Å². The minimum atomic E-state index is -0.0301. The number of benzene rings is 2. The lowest BCUT2D eigenvalue weighted by atomic mass is 10.1. The quantitative estimate of drug-likeness (QED) is 0.789. The van der Waals surface area contributed by atoms with Gasteiger partial charge in [0.25, 0.3) is 0 Å². The summed E-state index contributed by atoms with van der Waals surface area (Å²) >= 11 is 1.68. The van der Waals surface area contributed by atoms with E-state index in [0.29, 0.717) is 24.6 Å². The van der Waals surface area contributed by atoms with Gasteiger partial charge in [0.1, 0.15) is 0 Å². The van der Waals surface area contributed by atoms with Crippen LogP contribution in [-0.4, -0.2) is 36.8 Å². The highest BCUT2D eigenvalue weighted by molar-refractivity contribution is 8.01. The molecule has 0 radical (unpaired) electrons. The molecule has 5 heteroatoms. The van der Waals surface area contributed by atoms with E-state index < -0.39 is 0 Å². The van der Waals surface area contributed by atoms with E-state index in [4.69, 9.17) is 9.47 Å². The molecule has 1 aliphatic rings. The van der Waals surface area contributed by atoms with Crippen molar-refractivity contribution in [2.45, 2.75) is 30.0 Å². The normalized spacial score (nSPS) is 15.6. The second-order valence-corrected chi connectivity index (χ2v) is 7.20. The number of thioether (sulfide) groups is 1. The summed E-state index contributed by atoms with van der Waals surface area (Å²) in [6.07, 6.45) is 0.808. The van der Waals surface area contributed by atoms with Crippen molar-refractivity contribution in [1.82, 2.24) is 4.90 Å². The Morgan fingerprint density at radius 3 is 2.60 bits per heavy atom. The monoisotopic (exact) mass is 357 g/mol. The maximum absolute atomic E-state index is 13.0. The van der Waals surface area contributed by atoms with Crippen LogP contribution in [0.1, 0.15) is 18.1 Å². The van der Waals surface area contributed by atoms with E-state index in [1.165, 1.54) is 10.5 Å². The molecule has 1 heterocycles. The fourth-order valence-corrected chi connectivity index (χ4v) is 4.35. The van der Waals surface area contributed by atoms with Crippen LogP contribution in [0, 0.1) is 0 Å². The van der Waals surface area contributed by atoms with E-state index >= 15 is 0 Å². The lowest BCUT2D eigenvalue weighted by molar-refractivity contribution is -0.130. The largest absolute Gasteiger partial charge is 0.493 e. The summed E-state index contributed by atoms with van der Waals surface area (Å²) in [5.41, 5.74) is 2.31. The third-order valence-electron chi connectivity index (χ3n) is 4.44. The Balaban J connectivity index is 1.72. The van der Waals surface area contributed by atoms with Gasteiger partial charge in [0.05, 0.1) is 19.5 Å². The maximum Gasteiger partial charge on any atom is 0.236 e. The van der Waals surface area contributed by atoms with Crippen molar-refractivity contribution in [3.8, 4) is 11.5 Å². The minimum absolute atomic E-state index is 0.0301. The lowest BCUT2D eigenvalue weighted by Crippen LogP contribution is -2.37. The van der Waals surface area contributed by atoms with Gasteiger partial charge in [-0.3, -0.25) is 4.79 Å². The molecular formula is C20H23NO3S. The molecule has 4 nitrogen and oxygen atoms in total. The fraction of sp³-hybridized carbons (Fsp3) is 0.350. The van der Waals surface area contributed by atoms with Gasteiger partial charge in [-0.1, -0.05) is 24.3 Å². The molecule has 0 fully saturated rings. The third kappa shape index (κ3) is 3.76. The van der Waals surface area contributed by atoms with Gasteiger partial charge in [0.2, 0.25) is 5.91 Å². The van der Waals surface area contributed by atoms with E-state index in [0.717, 1.165) is 12.0 Å². The number of amides is 1. The van der Waals surface area contributed by atoms with E-state index in [-0.39, 0.29) is 11.2 Å². The molecule has 1 amide bonds. The van der Waals surface area contributed by atoms with Gasteiger partial charge in [-0.25, -0.2) is 0 Å². The van der Waals surface area contributed by atoms with E-state index in [2.05, 4.69) is 12.1 Å². The third-order valence-corrected chi connectivity index (χ3v) is 5.74. The van der Waals surface area contributed by atoms with Gasteiger partial charge in [-0.2, -0.15) is 0 Å². The number of hydrogen-bond acceptors (Lipinski definition) is 4. The predicted molar refractivity (Wildman–Crippen MR) is 100 cm³/mol. The van der Waals surface area contributed by atoms with E-state index in [1.807, 2.05) is 42.2 Å². The van der Waals surface area contributed by atoms with Crippen LogP contribution >= 0.6 is 11.8 Å². The second kappa shape index (κ2) is 7.83. The summed E-state index contributed by atoms with van der Waals surface area (Å²) in [6.45, 7) is 3.27. The first kappa shape index (κ1) is 17.7. The molecular weight excluding hydrogens is 334 g/mol. The van der Waals surface area contributed by atoms with Crippen LogP contribution in [0.4, 0.5) is 0 Å². The number of fused-ring (bicyclic) bond motifs is 1. The average Bonchev–Trinajstić information content (AvgIpc) is 3.09. The Morgan fingerprint density at radius 2 is 1.92 bits per heavy atom. The fourth-order valence-electron chi connectivity index (χ4n) is 3.07. The Bertz CT molecular complexity index is 737. The van der Waals surface area contributed by atoms with Gasteiger partial charge in [0.15, 0.2) is 11.5 Å². The zero-order chi connectivity index (χ0) is 17.8. The predicted octanol–water partition coefficient (Wildman–Crippen LogP) is 3.77. The molecule has 1 aliphatic heterocycles. The van der Waals surface area contributed by atoms with Crippen LogP contribution < -0.4 is 9.47 Å². The lowest BCUT2D eigenvalue weighted by Gasteiger charge is -2.24. The molecule has 2 aromatic rings. The average molecular weight is 357 g/mol. The van der Waals surface area contributed by atoms with Crippen molar-refractivity contribution in [1.29, 1.82) is 0 Å². The first-order valence-electron chi connectivity index (χ1n) is 8.40. The van der Waals surface area contributed by atoms with Crippen molar-refractivity contribution in [3.05, 3.63) is 53.6 Å². The van der Waals surface area contributed by atoms with Gasteiger partial charge in [-0.15, -0.1) is 11.8 Å². The summed E-state index contributed by atoms with van der Waals surface area (Å²) in [5.74, 6) is 1.58. The van der Waals surface area contributed by atoms with Crippen LogP contribution in [0.5, 0.6) is 11.5 Å². The van der Waals surface area contributed by atoms with Crippen LogP contribution in [0.15, 0.2) is 47.4 Å². The molecule has 132 valence electrons. The number of rotatable bonds is 6. The highest BCUT2D eigenvalue weighted by atomic mass is 32.2. The number of methoxy groups -OCH3 is 2. The molecule has 0 aromatic heterocycles. The zero-order valence-electron chi connectivity index (χ0n) is 14.8. The molecule has 0 aliphatic carbocycles. The van der Waals surface area contributed by atoms with E-state index in [1.54, 1.807) is 26.0 Å². The molecule has 0 saturated carbocycles. The van der Waals surface area contributed by atoms with Gasteiger partial charge >= 0.3 is 0 Å². The summed E-state index contributed by atoms with van der Waals surface area (Å²) < 4.78 is 10.6. The summed E-state index contributed by atoms with van der Waals surface area (Å²) in [7, 11) is 3.24. The van der Waals surface area contributed by atoms with Gasteiger partial charge < -0.3 is 14.4 Å². The standard InChI is InChI=1S/C20H23NO3S/c1-4-21(13-14-9-10-16(23-2)17(11-14)24-3)20(22)19-12-15-7-5-6-8-18(15)25-19/h5-11,19H,4,12-13H2,1-3H3. The summed E-state index contributed by atoms with van der Waals surface area (Å²) in [5, 5.41) is -0.0301. The molecule has 1 unspecified atom stereocenters. The van der Waals surface area contributed by atoms with Crippen LogP contribution in [-0.2, 0) is 17.8 Å². The smallest absolute Gasteiger partial charge is 0.236 e. The minimum Gasteiger partial charge on any atom is -0.493 e. The van der Waals surface area contributed by atoms with Crippen molar-refractivity contribution < 1.29 is 14.3 Å². The van der Waals surface area contributed by atoms with Crippen molar-refractivity contribution in [3.63, 3.8) is 0 Å². The number of hydrogen-bond donors (Lipinski definition) is 0. The Hall–Kier alpha value is -2.14. The summed E-state index contributed by atoms with van der Waals surface area (Å²) in [6, 6.07) is 14.1. The number of carbonyl (C=O) groups is 1. The second-order valence-electron chi connectivity index (χ2n) is 5.96. The SMILES string of the molecule is CCN(Cc1ccc(OC)c(OC)c1)C(=O)C1Cc2ccccc2S1. The first-order chi connectivity index (χ1) is 12.2. The number of ether oxygens (including phenoxy) is 2. The molecule has 25 heavy (non-hydrogen) atoms. The first-order valence-corrected chi connectivity index (χ1v) is 9.28. The number of nitrogens with zero attached hydrogens (tertiary/aromatic N) is 1. The zero-order valence-corrected chi connectivity index (χ0v) is 15.6. The van der Waals surface area contributed by atoms with Gasteiger partial charge in [0, 0.05) is 18.0 Å². The molecule has 0 saturated heterocycles. The van der Waals surface area contributed by atoms with Crippen LogP contribution in [0.3, 0.4) is 0 Å². The highest BCUT2D eigenvalue weighted by Crippen LogP contribution is 2.38. The van der Waals surface area contributed by atoms with Crippen molar-refractivity contribution >= 4 is 17.7 Å². The molecule has 1 atom stereocenters. The Kier molecular flexibility index (Phi) is 5.53. The Labute approximate surface area is 153 Å². The molecule has 0 bridgehead atoms. The van der Waals surface area contributed by atoms with E-state index in [9.17, 15) is 4.79 Å². The summed E-state index contributed by atoms with van der Waals surface area (Å²) in [4.78, 5) is 16.1. The van der Waals surface area contributed by atoms with Crippen LogP contribution in [0.2, 0.25) is 0 Å². The molecule has 2 aromatic carbocycles. The van der Waals surface area contributed by atoms with Crippen molar-refractivity contribution in [2.75, 3.05) is 20.8 Å². The Morgan fingerprint density at radius 1 is 1.16 bits per heavy atom. The molecule has 3 rings (SSSR count). The topological polar surface area (TPSA) is 38.8 Å². The number of carbonyl (C=O) groups excluding carboxylic acids is 1. The van der Waals surface area contributed by atoms with Crippen molar-refractivity contribution in [2.24, 2.45) is 0 Å². The van der Waals surface area contributed by atoms with Crippen LogP contribution in [0.25, 0.3) is 0 Å². The molecule has 0 N–H and O–H groups in total. The molecule has 0 spiro atoms. The maximum atomic E-state index is 13.0.